The molecular formula is C19H23NO2. The molecule has 0 aliphatic rings. The fraction of sp³-hybridized carbons (Fsp3) is 0.316. The molecule has 0 bridgehead atoms. The van der Waals surface area contributed by atoms with Gasteiger partial charge in [0.1, 0.15) is 5.75 Å². The van der Waals surface area contributed by atoms with Crippen LogP contribution in [0.5, 0.6) is 5.75 Å². The van der Waals surface area contributed by atoms with E-state index in [1.807, 2.05) is 56.3 Å². The van der Waals surface area contributed by atoms with Crippen molar-refractivity contribution in [2.45, 2.75) is 32.7 Å². The molecule has 116 valence electrons. The Balaban J connectivity index is 1.86. The van der Waals surface area contributed by atoms with E-state index < -0.39 is 0 Å². The number of ether oxygens (including phenoxy) is 1. The van der Waals surface area contributed by atoms with E-state index >= 15 is 0 Å². The van der Waals surface area contributed by atoms with Gasteiger partial charge in [0.05, 0.1) is 13.2 Å². The van der Waals surface area contributed by atoms with E-state index in [9.17, 15) is 4.79 Å². The van der Waals surface area contributed by atoms with E-state index in [0.29, 0.717) is 6.42 Å². The Morgan fingerprint density at radius 3 is 2.55 bits per heavy atom. The Labute approximate surface area is 132 Å². The molecule has 0 aliphatic carbocycles. The predicted octanol–water partition coefficient (Wildman–Crippen LogP) is 3.81. The first kappa shape index (κ1) is 16.1. The number of rotatable bonds is 6. The third kappa shape index (κ3) is 4.35. The van der Waals surface area contributed by atoms with Crippen LogP contribution in [0.4, 0.5) is 0 Å². The summed E-state index contributed by atoms with van der Waals surface area (Å²) in [7, 11) is 1.67. The molecule has 0 radical (unpaired) electrons. The summed E-state index contributed by atoms with van der Waals surface area (Å²) >= 11 is 0. The van der Waals surface area contributed by atoms with Gasteiger partial charge in [-0.1, -0.05) is 42.5 Å². The molecule has 1 N–H and O–H groups in total. The van der Waals surface area contributed by atoms with Gasteiger partial charge >= 0.3 is 0 Å². The standard InChI is InChI=1S/C19H23NO2/c1-14-13-16(9-11-18(14)22-3)10-12-19(21)20-15(2)17-7-5-4-6-8-17/h4-9,11,13,15H,10,12H2,1-3H3,(H,20,21). The molecule has 0 saturated carbocycles. The molecule has 0 aromatic heterocycles. The SMILES string of the molecule is COc1ccc(CCC(=O)NC(C)c2ccccc2)cc1C. The van der Waals surface area contributed by atoms with Crippen LogP contribution in [0.25, 0.3) is 0 Å². The summed E-state index contributed by atoms with van der Waals surface area (Å²) in [6.07, 6.45) is 1.22. The number of carbonyl (C=O) groups excluding carboxylic acids is 1. The molecule has 3 nitrogen and oxygen atoms in total. The second kappa shape index (κ2) is 7.64. The lowest BCUT2D eigenvalue weighted by atomic mass is 10.1. The number of benzene rings is 2. The first-order valence-electron chi connectivity index (χ1n) is 7.58. The van der Waals surface area contributed by atoms with Crippen LogP contribution in [0.15, 0.2) is 48.5 Å². The quantitative estimate of drug-likeness (QED) is 0.880. The average molecular weight is 297 g/mol. The van der Waals surface area contributed by atoms with Gasteiger partial charge in [0.15, 0.2) is 0 Å². The molecular weight excluding hydrogens is 274 g/mol. The third-order valence-electron chi connectivity index (χ3n) is 3.78. The van der Waals surface area contributed by atoms with Crippen molar-refractivity contribution in [3.05, 3.63) is 65.2 Å². The van der Waals surface area contributed by atoms with Crippen LogP contribution in [0, 0.1) is 6.92 Å². The fourth-order valence-corrected chi connectivity index (χ4v) is 2.49. The van der Waals surface area contributed by atoms with Crippen LogP contribution < -0.4 is 10.1 Å². The minimum Gasteiger partial charge on any atom is -0.496 e. The Morgan fingerprint density at radius 2 is 1.91 bits per heavy atom. The van der Waals surface area contributed by atoms with Crippen molar-refractivity contribution >= 4 is 5.91 Å². The van der Waals surface area contributed by atoms with Crippen molar-refractivity contribution in [1.82, 2.24) is 5.32 Å². The van der Waals surface area contributed by atoms with Crippen LogP contribution >= 0.6 is 0 Å². The van der Waals surface area contributed by atoms with Crippen LogP contribution in [0.1, 0.15) is 36.1 Å². The van der Waals surface area contributed by atoms with Crippen LogP contribution in [-0.4, -0.2) is 13.0 Å². The topological polar surface area (TPSA) is 38.3 Å². The minimum absolute atomic E-state index is 0.0336. The van der Waals surface area contributed by atoms with E-state index in [4.69, 9.17) is 4.74 Å². The Bertz CT molecular complexity index is 623. The first-order valence-corrected chi connectivity index (χ1v) is 7.58. The second-order valence-electron chi connectivity index (χ2n) is 5.50. The summed E-state index contributed by atoms with van der Waals surface area (Å²) in [6.45, 7) is 4.02. The molecule has 0 saturated heterocycles. The number of methoxy groups -OCH3 is 1. The molecule has 1 atom stereocenters. The van der Waals surface area contributed by atoms with Crippen molar-refractivity contribution in [3.63, 3.8) is 0 Å². The first-order chi connectivity index (χ1) is 10.6. The van der Waals surface area contributed by atoms with Gasteiger partial charge in [-0.3, -0.25) is 4.79 Å². The molecule has 0 heterocycles. The molecule has 0 fully saturated rings. The van der Waals surface area contributed by atoms with Gasteiger partial charge in [0.2, 0.25) is 5.91 Å². The molecule has 0 spiro atoms. The summed E-state index contributed by atoms with van der Waals surface area (Å²) in [6, 6.07) is 16.1. The molecule has 22 heavy (non-hydrogen) atoms. The van der Waals surface area contributed by atoms with E-state index in [-0.39, 0.29) is 11.9 Å². The maximum absolute atomic E-state index is 12.1. The van der Waals surface area contributed by atoms with Gasteiger partial charge < -0.3 is 10.1 Å². The predicted molar refractivity (Wildman–Crippen MR) is 89.1 cm³/mol. The van der Waals surface area contributed by atoms with Gasteiger partial charge in [0, 0.05) is 6.42 Å². The lowest BCUT2D eigenvalue weighted by Gasteiger charge is -2.14. The van der Waals surface area contributed by atoms with Crippen molar-refractivity contribution in [3.8, 4) is 5.75 Å². The van der Waals surface area contributed by atoms with Gasteiger partial charge in [-0.25, -0.2) is 0 Å². The van der Waals surface area contributed by atoms with Gasteiger partial charge in [-0.15, -0.1) is 0 Å². The highest BCUT2D eigenvalue weighted by Gasteiger charge is 2.09. The number of amides is 1. The minimum atomic E-state index is 0.0336. The molecule has 2 aromatic rings. The molecule has 2 rings (SSSR count). The lowest BCUT2D eigenvalue weighted by Crippen LogP contribution is -2.26. The van der Waals surface area contributed by atoms with Gasteiger partial charge in [-0.05, 0) is 43.0 Å². The summed E-state index contributed by atoms with van der Waals surface area (Å²) in [5.74, 6) is 0.954. The monoisotopic (exact) mass is 297 g/mol. The smallest absolute Gasteiger partial charge is 0.220 e. The zero-order chi connectivity index (χ0) is 15.9. The number of hydrogen-bond donors (Lipinski definition) is 1. The van der Waals surface area contributed by atoms with Crippen molar-refractivity contribution in [2.75, 3.05) is 7.11 Å². The highest BCUT2D eigenvalue weighted by molar-refractivity contribution is 5.76. The second-order valence-corrected chi connectivity index (χ2v) is 5.50. The zero-order valence-electron chi connectivity index (χ0n) is 13.4. The molecule has 1 amide bonds. The summed E-state index contributed by atoms with van der Waals surface area (Å²) < 4.78 is 5.25. The van der Waals surface area contributed by atoms with Crippen molar-refractivity contribution in [1.29, 1.82) is 0 Å². The number of carbonyl (C=O) groups is 1. The Hall–Kier alpha value is -2.29. The summed E-state index contributed by atoms with van der Waals surface area (Å²) in [4.78, 5) is 12.1. The fourth-order valence-electron chi connectivity index (χ4n) is 2.49. The highest BCUT2D eigenvalue weighted by atomic mass is 16.5. The average Bonchev–Trinajstić information content (AvgIpc) is 2.54. The molecule has 2 aromatic carbocycles. The summed E-state index contributed by atoms with van der Waals surface area (Å²) in [5.41, 5.74) is 3.37. The lowest BCUT2D eigenvalue weighted by molar-refractivity contribution is -0.121. The number of hydrogen-bond acceptors (Lipinski definition) is 2. The maximum Gasteiger partial charge on any atom is 0.220 e. The summed E-state index contributed by atoms with van der Waals surface area (Å²) in [5, 5.41) is 3.04. The molecule has 1 unspecified atom stereocenters. The Morgan fingerprint density at radius 1 is 1.18 bits per heavy atom. The van der Waals surface area contributed by atoms with E-state index in [2.05, 4.69) is 11.4 Å². The van der Waals surface area contributed by atoms with E-state index in [0.717, 1.165) is 28.9 Å². The van der Waals surface area contributed by atoms with Crippen molar-refractivity contribution < 1.29 is 9.53 Å². The zero-order valence-corrected chi connectivity index (χ0v) is 13.4. The number of nitrogens with one attached hydrogen (secondary N) is 1. The van der Waals surface area contributed by atoms with Gasteiger partial charge in [0.25, 0.3) is 0 Å². The normalized spacial score (nSPS) is 11.8. The van der Waals surface area contributed by atoms with Crippen molar-refractivity contribution in [2.24, 2.45) is 0 Å². The highest BCUT2D eigenvalue weighted by Crippen LogP contribution is 2.19. The van der Waals surface area contributed by atoms with Crippen LogP contribution in [-0.2, 0) is 11.2 Å². The largest absolute Gasteiger partial charge is 0.496 e. The van der Waals surface area contributed by atoms with Crippen LogP contribution in [0.2, 0.25) is 0 Å². The van der Waals surface area contributed by atoms with E-state index in [1.165, 1.54) is 0 Å². The Kier molecular flexibility index (Phi) is 5.59. The molecule has 3 heteroatoms. The van der Waals surface area contributed by atoms with Gasteiger partial charge in [-0.2, -0.15) is 0 Å². The van der Waals surface area contributed by atoms with Crippen LogP contribution in [0.3, 0.4) is 0 Å². The number of aryl methyl sites for hydroxylation is 2. The maximum atomic E-state index is 12.1. The molecule has 0 aliphatic heterocycles. The van der Waals surface area contributed by atoms with E-state index in [1.54, 1.807) is 7.11 Å². The third-order valence-corrected chi connectivity index (χ3v) is 3.78.